The molecule has 0 aromatic heterocycles. The second-order valence-electron chi connectivity index (χ2n) is 7.33. The Labute approximate surface area is 170 Å². The number of methoxy groups -OCH3 is 1. The minimum atomic E-state index is -0.0223. The number of nitrogens with zero attached hydrogens (tertiary/aromatic N) is 1. The maximum Gasteiger partial charge on any atom is 0.231 e. The highest BCUT2D eigenvalue weighted by Gasteiger charge is 2.34. The Kier molecular flexibility index (Phi) is 5.47. The average Bonchev–Trinajstić information content (AvgIpc) is 3.16. The third kappa shape index (κ3) is 3.69. The van der Waals surface area contributed by atoms with Crippen LogP contribution in [0, 0.1) is 0 Å². The number of hydrogen-bond donors (Lipinski definition) is 0. The molecule has 0 amide bonds. The molecule has 148 valence electrons. The zero-order valence-corrected chi connectivity index (χ0v) is 16.9. The molecule has 2 aromatic carbocycles. The first-order valence-corrected chi connectivity index (χ1v) is 9.90. The van der Waals surface area contributed by atoms with Crippen molar-refractivity contribution >= 4 is 17.4 Å². The predicted octanol–water partition coefficient (Wildman–Crippen LogP) is 4.20. The Morgan fingerprint density at radius 1 is 1.29 bits per heavy atom. The molecule has 2 aliphatic rings. The van der Waals surface area contributed by atoms with Crippen LogP contribution in [0.15, 0.2) is 30.3 Å². The summed E-state index contributed by atoms with van der Waals surface area (Å²) in [5.74, 6) is 2.31. The van der Waals surface area contributed by atoms with Crippen molar-refractivity contribution in [3.63, 3.8) is 0 Å². The third-order valence-electron chi connectivity index (χ3n) is 5.57. The maximum absolute atomic E-state index is 12.8. The smallest absolute Gasteiger partial charge is 0.231 e. The van der Waals surface area contributed by atoms with Crippen molar-refractivity contribution in [1.29, 1.82) is 0 Å². The van der Waals surface area contributed by atoms with Gasteiger partial charge in [-0.25, -0.2) is 0 Å². The fourth-order valence-electron chi connectivity index (χ4n) is 4.04. The molecule has 2 heterocycles. The number of ketones is 1. The van der Waals surface area contributed by atoms with E-state index in [1.165, 1.54) is 5.56 Å². The first kappa shape index (κ1) is 19.1. The summed E-state index contributed by atoms with van der Waals surface area (Å²) in [7, 11) is 3.70. The second-order valence-corrected chi connectivity index (χ2v) is 7.77. The lowest BCUT2D eigenvalue weighted by Crippen LogP contribution is -2.34. The van der Waals surface area contributed by atoms with Crippen LogP contribution in [0.3, 0.4) is 0 Å². The molecule has 0 bridgehead atoms. The highest BCUT2D eigenvalue weighted by Crippen LogP contribution is 2.50. The van der Waals surface area contributed by atoms with Crippen LogP contribution in [-0.2, 0) is 17.6 Å². The van der Waals surface area contributed by atoms with Gasteiger partial charge in [0.1, 0.15) is 5.78 Å². The van der Waals surface area contributed by atoms with E-state index in [0.717, 1.165) is 36.3 Å². The number of halogens is 1. The van der Waals surface area contributed by atoms with Gasteiger partial charge >= 0.3 is 0 Å². The number of aryl methyl sites for hydroxylation is 1. The number of likely N-dealkylation sites (N-methyl/N-ethyl adjacent to an activating group) is 1. The molecular weight excluding hydrogens is 378 g/mol. The van der Waals surface area contributed by atoms with Crippen LogP contribution in [0.4, 0.5) is 0 Å². The van der Waals surface area contributed by atoms with E-state index in [2.05, 4.69) is 11.9 Å². The Balaban J connectivity index is 1.53. The molecule has 2 aromatic rings. The van der Waals surface area contributed by atoms with Crippen LogP contribution in [0.1, 0.15) is 35.6 Å². The Morgan fingerprint density at radius 2 is 2.07 bits per heavy atom. The quantitative estimate of drug-likeness (QED) is 0.726. The SMILES string of the molecule is COc1c2c(cc3c1C(CC(=O)CCc1ccc(Cl)cc1)N(C)CC3)OCO2. The van der Waals surface area contributed by atoms with Gasteiger partial charge in [-0.15, -0.1) is 0 Å². The number of carbonyl (C=O) groups is 1. The van der Waals surface area contributed by atoms with Crippen LogP contribution < -0.4 is 14.2 Å². The number of rotatable bonds is 6. The predicted molar refractivity (Wildman–Crippen MR) is 108 cm³/mol. The summed E-state index contributed by atoms with van der Waals surface area (Å²) in [6, 6.07) is 9.69. The van der Waals surface area contributed by atoms with Crippen LogP contribution in [0.2, 0.25) is 5.02 Å². The number of benzene rings is 2. The number of carbonyl (C=O) groups excluding carboxylic acids is 1. The van der Waals surface area contributed by atoms with Gasteiger partial charge < -0.3 is 14.2 Å². The van der Waals surface area contributed by atoms with Gasteiger partial charge in [-0.1, -0.05) is 23.7 Å². The zero-order valence-electron chi connectivity index (χ0n) is 16.2. The summed E-state index contributed by atoms with van der Waals surface area (Å²) in [6.07, 6.45) is 2.58. The number of ether oxygens (including phenoxy) is 3. The zero-order chi connectivity index (χ0) is 19.7. The van der Waals surface area contributed by atoms with Gasteiger partial charge in [0.15, 0.2) is 11.5 Å². The normalized spacial score (nSPS) is 18.0. The van der Waals surface area contributed by atoms with Crippen LogP contribution in [0.5, 0.6) is 17.2 Å². The summed E-state index contributed by atoms with van der Waals surface area (Å²) >= 11 is 5.93. The Hall–Kier alpha value is -2.24. The van der Waals surface area contributed by atoms with Crippen molar-refractivity contribution in [3.8, 4) is 17.2 Å². The number of hydrogen-bond acceptors (Lipinski definition) is 5. The fourth-order valence-corrected chi connectivity index (χ4v) is 4.16. The van der Waals surface area contributed by atoms with Gasteiger partial charge in [0.2, 0.25) is 12.5 Å². The Bertz CT molecular complexity index is 881. The van der Waals surface area contributed by atoms with E-state index in [1.54, 1.807) is 7.11 Å². The highest BCUT2D eigenvalue weighted by molar-refractivity contribution is 6.30. The Morgan fingerprint density at radius 3 is 2.82 bits per heavy atom. The minimum Gasteiger partial charge on any atom is -0.492 e. The summed E-state index contributed by atoms with van der Waals surface area (Å²) in [5.41, 5.74) is 3.35. The largest absolute Gasteiger partial charge is 0.492 e. The lowest BCUT2D eigenvalue weighted by atomic mass is 9.87. The van der Waals surface area contributed by atoms with E-state index < -0.39 is 0 Å². The van der Waals surface area contributed by atoms with Crippen molar-refractivity contribution < 1.29 is 19.0 Å². The standard InChI is InChI=1S/C22H24ClNO4/c1-24-10-9-15-11-19-21(28-13-27-19)22(26-2)20(15)18(24)12-17(25)8-5-14-3-6-16(23)7-4-14/h3-4,6-7,11,18H,5,8-10,12-13H2,1-2H3. The molecule has 0 N–H and O–H groups in total. The average molecular weight is 402 g/mol. The molecule has 5 nitrogen and oxygen atoms in total. The third-order valence-corrected chi connectivity index (χ3v) is 5.83. The van der Waals surface area contributed by atoms with E-state index in [4.69, 9.17) is 25.8 Å². The molecular formula is C22H24ClNO4. The van der Waals surface area contributed by atoms with Gasteiger partial charge in [0.05, 0.1) is 7.11 Å². The molecule has 1 unspecified atom stereocenters. The molecule has 28 heavy (non-hydrogen) atoms. The van der Waals surface area contributed by atoms with Crippen molar-refractivity contribution in [2.75, 3.05) is 27.5 Å². The van der Waals surface area contributed by atoms with E-state index in [0.29, 0.717) is 29.4 Å². The summed E-state index contributed by atoms with van der Waals surface area (Å²) in [6.45, 7) is 1.10. The van der Waals surface area contributed by atoms with Crippen molar-refractivity contribution in [3.05, 3.63) is 52.0 Å². The monoisotopic (exact) mass is 401 g/mol. The first-order valence-electron chi connectivity index (χ1n) is 9.52. The van der Waals surface area contributed by atoms with Crippen molar-refractivity contribution in [2.45, 2.75) is 31.7 Å². The van der Waals surface area contributed by atoms with E-state index >= 15 is 0 Å². The lowest BCUT2D eigenvalue weighted by molar-refractivity contribution is -0.120. The molecule has 1 atom stereocenters. The summed E-state index contributed by atoms with van der Waals surface area (Å²) < 4.78 is 16.9. The topological polar surface area (TPSA) is 48.0 Å². The lowest BCUT2D eigenvalue weighted by Gasteiger charge is -2.35. The van der Waals surface area contributed by atoms with Gasteiger partial charge in [-0.3, -0.25) is 9.69 Å². The molecule has 0 aliphatic carbocycles. The fraction of sp³-hybridized carbons (Fsp3) is 0.409. The van der Waals surface area contributed by atoms with Crippen LogP contribution in [-0.4, -0.2) is 38.2 Å². The van der Waals surface area contributed by atoms with Crippen molar-refractivity contribution in [2.24, 2.45) is 0 Å². The molecule has 0 radical (unpaired) electrons. The van der Waals surface area contributed by atoms with E-state index in [-0.39, 0.29) is 18.6 Å². The second kappa shape index (κ2) is 8.02. The summed E-state index contributed by atoms with van der Waals surface area (Å²) in [4.78, 5) is 15.0. The van der Waals surface area contributed by atoms with E-state index in [9.17, 15) is 4.79 Å². The number of fused-ring (bicyclic) bond motifs is 2. The van der Waals surface area contributed by atoms with Gasteiger partial charge in [-0.2, -0.15) is 0 Å². The number of Topliss-reactive ketones (excluding diaryl/α,β-unsaturated/α-hetero) is 1. The van der Waals surface area contributed by atoms with Gasteiger partial charge in [0, 0.05) is 36.0 Å². The van der Waals surface area contributed by atoms with Crippen LogP contribution >= 0.6 is 11.6 Å². The first-order chi connectivity index (χ1) is 13.6. The molecule has 0 spiro atoms. The maximum atomic E-state index is 12.8. The molecule has 4 rings (SSSR count). The highest BCUT2D eigenvalue weighted by atomic mass is 35.5. The van der Waals surface area contributed by atoms with E-state index in [1.807, 2.05) is 30.3 Å². The molecule has 0 fully saturated rings. The minimum absolute atomic E-state index is 0.0223. The molecule has 2 aliphatic heterocycles. The van der Waals surface area contributed by atoms with Crippen LogP contribution in [0.25, 0.3) is 0 Å². The molecule has 0 saturated heterocycles. The molecule has 0 saturated carbocycles. The van der Waals surface area contributed by atoms with Gasteiger partial charge in [-0.05, 0) is 49.2 Å². The molecule has 6 heteroatoms. The summed E-state index contributed by atoms with van der Waals surface area (Å²) in [5, 5.41) is 0.710. The van der Waals surface area contributed by atoms with Gasteiger partial charge in [0.25, 0.3) is 0 Å². The van der Waals surface area contributed by atoms with Crippen molar-refractivity contribution in [1.82, 2.24) is 4.90 Å².